The molecule has 0 heterocycles. The molecule has 0 unspecified atom stereocenters. The molecule has 0 radical (unpaired) electrons. The Kier molecular flexibility index (Phi) is 6.39. The van der Waals surface area contributed by atoms with Gasteiger partial charge in [-0.05, 0) is 31.9 Å². The first-order chi connectivity index (χ1) is 10.3. The number of nitrogens with zero attached hydrogens (tertiary/aromatic N) is 2. The third kappa shape index (κ3) is 5.05. The van der Waals surface area contributed by atoms with E-state index in [1.54, 1.807) is 18.7 Å². The van der Waals surface area contributed by atoms with Gasteiger partial charge in [-0.1, -0.05) is 32.0 Å². The first-order valence-electron chi connectivity index (χ1n) is 7.49. The van der Waals surface area contributed by atoms with Crippen LogP contribution in [0.5, 0.6) is 0 Å². The van der Waals surface area contributed by atoms with Gasteiger partial charge in [-0.15, -0.1) is 0 Å². The molecule has 0 bridgehead atoms. The maximum atomic E-state index is 12.3. The van der Waals surface area contributed by atoms with Crippen LogP contribution in [0.1, 0.15) is 27.7 Å². The third-order valence-corrected chi connectivity index (χ3v) is 3.73. The average Bonchev–Trinajstić information content (AvgIpc) is 2.46. The highest BCUT2D eigenvalue weighted by Gasteiger charge is 2.30. The number of hydrogen-bond acceptors (Lipinski definition) is 4. The van der Waals surface area contributed by atoms with Gasteiger partial charge in [-0.25, -0.2) is 0 Å². The van der Waals surface area contributed by atoms with E-state index >= 15 is 0 Å². The molecule has 0 aliphatic carbocycles. The molecule has 0 spiro atoms. The molecule has 1 aromatic carbocycles. The predicted molar refractivity (Wildman–Crippen MR) is 87.3 cm³/mol. The lowest BCUT2D eigenvalue weighted by Gasteiger charge is -2.30. The zero-order valence-corrected chi connectivity index (χ0v) is 13.7. The van der Waals surface area contributed by atoms with Crippen LogP contribution >= 0.6 is 0 Å². The monoisotopic (exact) mass is 303 g/mol. The topological polar surface area (TPSA) is 76.4 Å². The highest BCUT2D eigenvalue weighted by molar-refractivity contribution is 5.82. The molecule has 5 heteroatoms. The van der Waals surface area contributed by atoms with Gasteiger partial charge in [0.1, 0.15) is 5.54 Å². The standard InChI is InChI=1S/C17H25N3O2/c1-13(2)17(4,12-18)19-16(22)11-20(10-14(3)21)15-8-6-5-7-9-15/h5-9,13-14,21H,10-11H2,1-4H3,(H,19,22)/t14-,17+/m1/s1. The van der Waals surface area contributed by atoms with Crippen molar-refractivity contribution < 1.29 is 9.90 Å². The van der Waals surface area contributed by atoms with E-state index in [0.29, 0.717) is 6.54 Å². The van der Waals surface area contributed by atoms with E-state index < -0.39 is 11.6 Å². The molecule has 0 fully saturated rings. The average molecular weight is 303 g/mol. The van der Waals surface area contributed by atoms with Gasteiger partial charge in [0.2, 0.25) is 5.91 Å². The fraction of sp³-hybridized carbons (Fsp3) is 0.529. The number of benzene rings is 1. The number of carbonyl (C=O) groups is 1. The predicted octanol–water partition coefficient (Wildman–Crippen LogP) is 1.93. The number of para-hydroxylation sites is 1. The number of aliphatic hydroxyl groups is 1. The van der Waals surface area contributed by atoms with Gasteiger partial charge in [-0.3, -0.25) is 4.79 Å². The summed E-state index contributed by atoms with van der Waals surface area (Å²) >= 11 is 0. The molecule has 1 amide bonds. The smallest absolute Gasteiger partial charge is 0.240 e. The molecule has 0 aliphatic rings. The summed E-state index contributed by atoms with van der Waals surface area (Å²) in [6, 6.07) is 11.6. The maximum Gasteiger partial charge on any atom is 0.240 e. The molecule has 5 nitrogen and oxygen atoms in total. The van der Waals surface area contributed by atoms with Crippen LogP contribution in [-0.2, 0) is 4.79 Å². The maximum absolute atomic E-state index is 12.3. The molecular formula is C17H25N3O2. The van der Waals surface area contributed by atoms with Crippen LogP contribution in [0.15, 0.2) is 30.3 Å². The Labute approximate surface area is 132 Å². The summed E-state index contributed by atoms with van der Waals surface area (Å²) < 4.78 is 0. The Balaban J connectivity index is 2.83. The number of nitrogens with one attached hydrogen (secondary N) is 1. The molecule has 0 aliphatic heterocycles. The normalized spacial score (nSPS) is 14.8. The van der Waals surface area contributed by atoms with Crippen molar-refractivity contribution in [2.75, 3.05) is 18.0 Å². The van der Waals surface area contributed by atoms with Crippen molar-refractivity contribution in [2.45, 2.75) is 39.3 Å². The number of carbonyl (C=O) groups excluding carboxylic acids is 1. The molecule has 1 aromatic rings. The van der Waals surface area contributed by atoms with Gasteiger partial charge in [0.05, 0.1) is 18.7 Å². The van der Waals surface area contributed by atoms with E-state index in [4.69, 9.17) is 0 Å². The van der Waals surface area contributed by atoms with E-state index in [-0.39, 0.29) is 18.4 Å². The van der Waals surface area contributed by atoms with Gasteiger partial charge in [0.25, 0.3) is 0 Å². The molecule has 0 saturated carbocycles. The molecular weight excluding hydrogens is 278 g/mol. The van der Waals surface area contributed by atoms with Crippen LogP contribution in [-0.4, -0.2) is 35.7 Å². The van der Waals surface area contributed by atoms with Crippen molar-refractivity contribution in [3.63, 3.8) is 0 Å². The first kappa shape index (κ1) is 18.0. The highest BCUT2D eigenvalue weighted by Crippen LogP contribution is 2.16. The second-order valence-corrected chi connectivity index (χ2v) is 6.08. The molecule has 22 heavy (non-hydrogen) atoms. The Morgan fingerprint density at radius 1 is 1.36 bits per heavy atom. The lowest BCUT2D eigenvalue weighted by Crippen LogP contribution is -2.52. The molecule has 2 atom stereocenters. The fourth-order valence-corrected chi connectivity index (χ4v) is 2.02. The van der Waals surface area contributed by atoms with Crippen LogP contribution in [0.25, 0.3) is 0 Å². The fourth-order valence-electron chi connectivity index (χ4n) is 2.02. The molecule has 1 rings (SSSR count). The van der Waals surface area contributed by atoms with E-state index in [1.807, 2.05) is 44.2 Å². The Bertz CT molecular complexity index is 522. The van der Waals surface area contributed by atoms with E-state index in [2.05, 4.69) is 11.4 Å². The summed E-state index contributed by atoms with van der Waals surface area (Å²) in [4.78, 5) is 14.1. The third-order valence-electron chi connectivity index (χ3n) is 3.73. The lowest BCUT2D eigenvalue weighted by molar-refractivity contribution is -0.121. The van der Waals surface area contributed by atoms with Crippen LogP contribution < -0.4 is 10.2 Å². The molecule has 0 aromatic heterocycles. The summed E-state index contributed by atoms with van der Waals surface area (Å²) in [6.45, 7) is 7.64. The van der Waals surface area contributed by atoms with Gasteiger partial charge in [0, 0.05) is 12.2 Å². The van der Waals surface area contributed by atoms with Crippen molar-refractivity contribution in [2.24, 2.45) is 5.92 Å². The van der Waals surface area contributed by atoms with Crippen molar-refractivity contribution in [3.8, 4) is 6.07 Å². The van der Waals surface area contributed by atoms with Crippen LogP contribution in [0.4, 0.5) is 5.69 Å². The summed E-state index contributed by atoms with van der Waals surface area (Å²) in [6.07, 6.45) is -0.555. The number of anilines is 1. The van der Waals surface area contributed by atoms with Crippen molar-refractivity contribution >= 4 is 11.6 Å². The number of aliphatic hydroxyl groups excluding tert-OH is 1. The number of rotatable bonds is 7. The molecule has 2 N–H and O–H groups in total. The van der Waals surface area contributed by atoms with Crippen molar-refractivity contribution in [1.29, 1.82) is 5.26 Å². The first-order valence-corrected chi connectivity index (χ1v) is 7.49. The quantitative estimate of drug-likeness (QED) is 0.807. The SMILES string of the molecule is CC(C)[C@](C)(C#N)NC(=O)CN(C[C@@H](C)O)c1ccccc1. The number of amides is 1. The largest absolute Gasteiger partial charge is 0.392 e. The zero-order chi connectivity index (χ0) is 16.8. The minimum Gasteiger partial charge on any atom is -0.392 e. The summed E-state index contributed by atoms with van der Waals surface area (Å²) in [7, 11) is 0. The van der Waals surface area contributed by atoms with Crippen LogP contribution in [0, 0.1) is 17.2 Å². The Morgan fingerprint density at radius 2 is 1.95 bits per heavy atom. The summed E-state index contributed by atoms with van der Waals surface area (Å²) in [5.41, 5.74) is -0.0358. The van der Waals surface area contributed by atoms with Gasteiger partial charge < -0.3 is 15.3 Å². The Hall–Kier alpha value is -2.06. The summed E-state index contributed by atoms with van der Waals surface area (Å²) in [5.74, 6) is -0.231. The minimum atomic E-state index is -0.899. The van der Waals surface area contributed by atoms with Gasteiger partial charge >= 0.3 is 0 Å². The lowest BCUT2D eigenvalue weighted by atomic mass is 9.90. The van der Waals surface area contributed by atoms with E-state index in [0.717, 1.165) is 5.69 Å². The minimum absolute atomic E-state index is 0.00314. The van der Waals surface area contributed by atoms with Gasteiger partial charge in [0.15, 0.2) is 0 Å². The number of hydrogen-bond donors (Lipinski definition) is 2. The van der Waals surface area contributed by atoms with Crippen molar-refractivity contribution in [1.82, 2.24) is 5.32 Å². The second-order valence-electron chi connectivity index (χ2n) is 6.08. The second kappa shape index (κ2) is 7.81. The van der Waals surface area contributed by atoms with Gasteiger partial charge in [-0.2, -0.15) is 5.26 Å². The van der Waals surface area contributed by atoms with Crippen LogP contribution in [0.2, 0.25) is 0 Å². The van der Waals surface area contributed by atoms with E-state index in [1.165, 1.54) is 0 Å². The highest BCUT2D eigenvalue weighted by atomic mass is 16.3. The molecule has 0 saturated heterocycles. The Morgan fingerprint density at radius 3 is 2.41 bits per heavy atom. The summed E-state index contributed by atoms with van der Waals surface area (Å²) in [5, 5.41) is 21.7. The van der Waals surface area contributed by atoms with Crippen molar-refractivity contribution in [3.05, 3.63) is 30.3 Å². The molecule has 120 valence electrons. The van der Waals surface area contributed by atoms with E-state index in [9.17, 15) is 15.2 Å². The zero-order valence-electron chi connectivity index (χ0n) is 13.7. The van der Waals surface area contributed by atoms with Crippen LogP contribution in [0.3, 0.4) is 0 Å². The number of nitriles is 1.